The van der Waals surface area contributed by atoms with Crippen LogP contribution in [0.3, 0.4) is 0 Å². The van der Waals surface area contributed by atoms with Gasteiger partial charge in [0.2, 0.25) is 5.43 Å². The van der Waals surface area contributed by atoms with Crippen molar-refractivity contribution in [3.63, 3.8) is 0 Å². The van der Waals surface area contributed by atoms with Crippen molar-refractivity contribution in [1.82, 2.24) is 10.3 Å². The van der Waals surface area contributed by atoms with E-state index in [1.54, 1.807) is 12.1 Å². The number of aromatic amines is 1. The molecule has 3 fully saturated rings. The summed E-state index contributed by atoms with van der Waals surface area (Å²) in [6.45, 7) is 3.68. The third-order valence-corrected chi connectivity index (χ3v) is 5.38. The summed E-state index contributed by atoms with van der Waals surface area (Å²) in [7, 11) is 0. The predicted octanol–water partition coefficient (Wildman–Crippen LogP) is 1.95. The van der Waals surface area contributed by atoms with Crippen LogP contribution in [-0.4, -0.2) is 40.7 Å². The van der Waals surface area contributed by atoms with Crippen LogP contribution in [0.15, 0.2) is 29.1 Å². The van der Waals surface area contributed by atoms with E-state index in [4.69, 9.17) is 0 Å². The maximum atomic E-state index is 12.8. The number of fused-ring (bicyclic) bond motifs is 5. The number of carboxylic acid groups (broad SMARTS) is 1. The molecule has 24 heavy (non-hydrogen) atoms. The standard InChI is InChI=1S/C18H21N3O3/c1-18-8-4-5-11(9-19-18)21(10-18)16-14(17(23)24)15(22)12-6-2-3-7-13(12)20-16/h2-3,6-7,11,19H,4-5,8-10H2,1H3,(H,20,22)(H,23,24). The number of benzene rings is 1. The first-order chi connectivity index (χ1) is 11.5. The van der Waals surface area contributed by atoms with Crippen LogP contribution in [0.25, 0.3) is 10.9 Å². The number of aromatic carboxylic acids is 1. The van der Waals surface area contributed by atoms with Crippen LogP contribution in [-0.2, 0) is 0 Å². The van der Waals surface area contributed by atoms with Crippen LogP contribution >= 0.6 is 0 Å². The number of carboxylic acids is 1. The molecular formula is C18H21N3O3. The molecule has 2 unspecified atom stereocenters. The molecule has 5 rings (SSSR count). The van der Waals surface area contributed by atoms with Crippen LogP contribution in [0.5, 0.6) is 0 Å². The SMILES string of the molecule is CC12CCCC(CN1)N(c1[nH]c3ccccc3c(=O)c1C(=O)O)C2. The van der Waals surface area contributed by atoms with E-state index in [-0.39, 0.29) is 17.1 Å². The first kappa shape index (κ1) is 15.2. The summed E-state index contributed by atoms with van der Waals surface area (Å²) in [6.07, 6.45) is 3.15. The van der Waals surface area contributed by atoms with E-state index in [2.05, 4.69) is 22.1 Å². The van der Waals surface area contributed by atoms with Gasteiger partial charge in [0, 0.05) is 30.1 Å². The molecule has 3 aliphatic heterocycles. The molecule has 3 N–H and O–H groups in total. The number of pyridine rings is 1. The first-order valence-electron chi connectivity index (χ1n) is 8.38. The topological polar surface area (TPSA) is 85.4 Å². The number of anilines is 1. The average Bonchev–Trinajstić information content (AvgIpc) is 2.84. The molecule has 0 aliphatic carbocycles. The lowest BCUT2D eigenvalue weighted by Gasteiger charge is -2.44. The maximum Gasteiger partial charge on any atom is 0.343 e. The van der Waals surface area contributed by atoms with Gasteiger partial charge in [0.05, 0.1) is 5.52 Å². The van der Waals surface area contributed by atoms with E-state index in [0.29, 0.717) is 23.3 Å². The predicted molar refractivity (Wildman–Crippen MR) is 92.9 cm³/mol. The smallest absolute Gasteiger partial charge is 0.343 e. The fourth-order valence-electron chi connectivity index (χ4n) is 4.09. The fourth-order valence-corrected chi connectivity index (χ4v) is 4.09. The van der Waals surface area contributed by atoms with Gasteiger partial charge in [0.1, 0.15) is 11.4 Å². The largest absolute Gasteiger partial charge is 0.477 e. The molecule has 0 spiro atoms. The number of para-hydroxylation sites is 1. The minimum atomic E-state index is -1.17. The molecule has 126 valence electrons. The molecular weight excluding hydrogens is 306 g/mol. The van der Waals surface area contributed by atoms with Gasteiger partial charge in [-0.2, -0.15) is 0 Å². The molecule has 0 saturated carbocycles. The van der Waals surface area contributed by atoms with Crippen LogP contribution in [0, 0.1) is 0 Å². The Hall–Kier alpha value is -2.34. The number of hydrogen-bond donors (Lipinski definition) is 3. The Morgan fingerprint density at radius 2 is 2.17 bits per heavy atom. The summed E-state index contributed by atoms with van der Waals surface area (Å²) >= 11 is 0. The average molecular weight is 327 g/mol. The maximum absolute atomic E-state index is 12.8. The number of nitrogens with one attached hydrogen (secondary N) is 2. The van der Waals surface area contributed by atoms with Crippen molar-refractivity contribution >= 4 is 22.7 Å². The summed E-state index contributed by atoms with van der Waals surface area (Å²) in [6, 6.07) is 7.29. The van der Waals surface area contributed by atoms with Crippen molar-refractivity contribution in [2.45, 2.75) is 37.8 Å². The van der Waals surface area contributed by atoms with Gasteiger partial charge in [-0.15, -0.1) is 0 Å². The molecule has 6 nitrogen and oxygen atoms in total. The van der Waals surface area contributed by atoms with Crippen molar-refractivity contribution in [3.8, 4) is 0 Å². The second-order valence-electron chi connectivity index (χ2n) is 7.14. The number of piperazine rings is 1. The number of hydrogen-bond acceptors (Lipinski definition) is 4. The third-order valence-electron chi connectivity index (χ3n) is 5.38. The number of carbonyl (C=O) groups is 1. The molecule has 6 heteroatoms. The Morgan fingerprint density at radius 1 is 1.38 bits per heavy atom. The molecule has 2 bridgehead atoms. The van der Waals surface area contributed by atoms with Gasteiger partial charge < -0.3 is 20.3 Å². The zero-order chi connectivity index (χ0) is 16.9. The lowest BCUT2D eigenvalue weighted by Crippen LogP contribution is -2.61. The Kier molecular flexibility index (Phi) is 3.38. The highest BCUT2D eigenvalue weighted by atomic mass is 16.4. The highest BCUT2D eigenvalue weighted by Crippen LogP contribution is 2.33. The number of H-pyrrole nitrogens is 1. The van der Waals surface area contributed by atoms with E-state index in [0.717, 1.165) is 25.8 Å². The first-order valence-corrected chi connectivity index (χ1v) is 8.38. The molecule has 2 aromatic rings. The zero-order valence-electron chi connectivity index (χ0n) is 13.6. The molecule has 4 heterocycles. The second-order valence-corrected chi connectivity index (χ2v) is 7.14. The van der Waals surface area contributed by atoms with Crippen molar-refractivity contribution < 1.29 is 9.90 Å². The number of nitrogens with zero attached hydrogens (tertiary/aromatic N) is 1. The van der Waals surface area contributed by atoms with Gasteiger partial charge in [-0.3, -0.25) is 4.79 Å². The van der Waals surface area contributed by atoms with Gasteiger partial charge in [0.15, 0.2) is 0 Å². The van der Waals surface area contributed by atoms with E-state index < -0.39 is 11.4 Å². The summed E-state index contributed by atoms with van der Waals surface area (Å²) in [5.41, 5.74) is 0.0707. The van der Waals surface area contributed by atoms with Crippen LogP contribution < -0.4 is 15.6 Å². The Labute approximate surface area is 139 Å². The second kappa shape index (κ2) is 5.34. The minimum Gasteiger partial charge on any atom is -0.477 e. The highest BCUT2D eigenvalue weighted by molar-refractivity contribution is 5.98. The van der Waals surface area contributed by atoms with E-state index >= 15 is 0 Å². The highest BCUT2D eigenvalue weighted by Gasteiger charge is 2.40. The van der Waals surface area contributed by atoms with E-state index in [1.807, 2.05) is 12.1 Å². The number of rotatable bonds is 2. The lowest BCUT2D eigenvalue weighted by molar-refractivity contribution is 0.0695. The zero-order valence-corrected chi connectivity index (χ0v) is 13.6. The quantitative estimate of drug-likeness (QED) is 0.785. The van der Waals surface area contributed by atoms with Crippen molar-refractivity contribution in [3.05, 3.63) is 40.1 Å². The molecule has 1 aromatic carbocycles. The minimum absolute atomic E-state index is 0.0503. The molecule has 3 aliphatic rings. The van der Waals surface area contributed by atoms with E-state index in [9.17, 15) is 14.7 Å². The van der Waals surface area contributed by atoms with Crippen LogP contribution in [0.4, 0.5) is 5.82 Å². The van der Waals surface area contributed by atoms with Gasteiger partial charge in [-0.25, -0.2) is 4.79 Å². The van der Waals surface area contributed by atoms with Crippen molar-refractivity contribution in [2.24, 2.45) is 0 Å². The summed E-state index contributed by atoms with van der Waals surface area (Å²) in [4.78, 5) is 29.9. The third kappa shape index (κ3) is 2.29. The molecule has 2 atom stereocenters. The van der Waals surface area contributed by atoms with Crippen LogP contribution in [0.1, 0.15) is 36.5 Å². The molecule has 1 aromatic heterocycles. The van der Waals surface area contributed by atoms with Gasteiger partial charge in [0.25, 0.3) is 0 Å². The van der Waals surface area contributed by atoms with E-state index in [1.165, 1.54) is 0 Å². The van der Waals surface area contributed by atoms with Crippen molar-refractivity contribution in [2.75, 3.05) is 18.0 Å². The Morgan fingerprint density at radius 3 is 2.96 bits per heavy atom. The summed E-state index contributed by atoms with van der Waals surface area (Å²) < 4.78 is 0. The molecule has 3 saturated heterocycles. The molecule has 0 radical (unpaired) electrons. The lowest BCUT2D eigenvalue weighted by atomic mass is 9.95. The van der Waals surface area contributed by atoms with Crippen molar-refractivity contribution in [1.29, 1.82) is 0 Å². The monoisotopic (exact) mass is 327 g/mol. The number of aromatic nitrogens is 1. The summed E-state index contributed by atoms with van der Waals surface area (Å²) in [5.74, 6) is -0.721. The van der Waals surface area contributed by atoms with Gasteiger partial charge in [-0.05, 0) is 38.3 Å². The normalized spacial score (nSPS) is 26.5. The summed E-state index contributed by atoms with van der Waals surface area (Å²) in [5, 5.41) is 13.7. The van der Waals surface area contributed by atoms with Gasteiger partial charge in [-0.1, -0.05) is 12.1 Å². The van der Waals surface area contributed by atoms with Crippen LogP contribution in [0.2, 0.25) is 0 Å². The molecule has 0 amide bonds. The Balaban J connectivity index is 1.94. The van der Waals surface area contributed by atoms with Gasteiger partial charge >= 0.3 is 5.97 Å². The fraction of sp³-hybridized carbons (Fsp3) is 0.444. The Bertz CT molecular complexity index is 871.